The first-order valence-electron chi connectivity index (χ1n) is 4.08. The highest BCUT2D eigenvalue weighted by Gasteiger charge is 2.19. The van der Waals surface area contributed by atoms with Gasteiger partial charge >= 0.3 is 0 Å². The maximum Gasteiger partial charge on any atom is 0.182 e. The Labute approximate surface area is 87.5 Å². The second kappa shape index (κ2) is 7.31. The molecule has 0 bridgehead atoms. The van der Waals surface area contributed by atoms with Gasteiger partial charge in [0.05, 0.1) is 19.6 Å². The Morgan fingerprint density at radius 3 is 1.45 bits per heavy atom. The Bertz CT molecular complexity index is 75.9. The summed E-state index contributed by atoms with van der Waals surface area (Å²) in [4.78, 5) is 0. The second-order valence-electron chi connectivity index (χ2n) is 2.71. The van der Waals surface area contributed by atoms with E-state index in [1.807, 2.05) is 0 Å². The molecule has 11 heavy (non-hydrogen) atoms. The third-order valence-electron chi connectivity index (χ3n) is 2.42. The molecule has 0 aliphatic rings. The van der Waals surface area contributed by atoms with E-state index < -0.39 is 0 Å². The number of hydrogen-bond donors (Lipinski definition) is 0. The number of quaternary nitrogens is 1. The van der Waals surface area contributed by atoms with Crippen molar-refractivity contribution in [3.05, 3.63) is 0 Å². The van der Waals surface area contributed by atoms with Crippen molar-refractivity contribution in [2.24, 2.45) is 0 Å². The van der Waals surface area contributed by atoms with E-state index in [1.165, 1.54) is 19.6 Å². The molecule has 0 amide bonds. The first-order chi connectivity index (χ1) is 4.74. The van der Waals surface area contributed by atoms with Crippen LogP contribution in [0.2, 0.25) is 0 Å². The summed E-state index contributed by atoms with van der Waals surface area (Å²) in [6.07, 6.45) is 0. The maximum absolute atomic E-state index is 5.15. The highest BCUT2D eigenvalue weighted by atomic mass is 127. The van der Waals surface area contributed by atoms with E-state index in [0.717, 1.165) is 11.2 Å². The molecule has 0 N–H and O–H groups in total. The lowest BCUT2D eigenvalue weighted by atomic mass is 10.4. The van der Waals surface area contributed by atoms with Gasteiger partial charge in [0.15, 0.2) is 6.73 Å². The highest BCUT2D eigenvalue weighted by molar-refractivity contribution is 4.28. The highest BCUT2D eigenvalue weighted by Crippen LogP contribution is 2.04. The smallest absolute Gasteiger partial charge is 0.182 e. The van der Waals surface area contributed by atoms with Crippen LogP contribution in [-0.4, -0.2) is 38.0 Å². The number of halogens is 1. The van der Waals surface area contributed by atoms with Crippen LogP contribution in [0.3, 0.4) is 0 Å². The molecule has 70 valence electrons. The Morgan fingerprint density at radius 1 is 1.00 bits per heavy atom. The van der Waals surface area contributed by atoms with Crippen LogP contribution >= 0.6 is 0 Å². The SMILES string of the molecule is CC[N+](CC)(CC)COC.[I-]. The molecule has 0 radical (unpaired) electrons. The van der Waals surface area contributed by atoms with E-state index in [0.29, 0.717) is 0 Å². The minimum absolute atomic E-state index is 0. The Morgan fingerprint density at radius 2 is 1.36 bits per heavy atom. The molecule has 0 saturated heterocycles. The van der Waals surface area contributed by atoms with Crippen LogP contribution in [0.25, 0.3) is 0 Å². The van der Waals surface area contributed by atoms with Crippen molar-refractivity contribution in [3.63, 3.8) is 0 Å². The molecule has 0 rings (SSSR count). The van der Waals surface area contributed by atoms with Crippen LogP contribution in [0.5, 0.6) is 0 Å². The predicted octanol–water partition coefficient (Wildman–Crippen LogP) is -1.53. The topological polar surface area (TPSA) is 9.23 Å². The van der Waals surface area contributed by atoms with E-state index in [2.05, 4.69) is 20.8 Å². The minimum Gasteiger partial charge on any atom is -1.00 e. The fraction of sp³-hybridized carbons (Fsp3) is 1.00. The lowest BCUT2D eigenvalue weighted by Crippen LogP contribution is -3.00. The molecule has 0 aliphatic carbocycles. The molecular weight excluding hydrogens is 253 g/mol. The Kier molecular flexibility index (Phi) is 9.43. The summed E-state index contributed by atoms with van der Waals surface area (Å²) < 4.78 is 6.23. The van der Waals surface area contributed by atoms with Gasteiger partial charge in [0.25, 0.3) is 0 Å². The molecule has 0 aliphatic heterocycles. The van der Waals surface area contributed by atoms with E-state index >= 15 is 0 Å². The summed E-state index contributed by atoms with van der Waals surface area (Å²) in [5.74, 6) is 0. The van der Waals surface area contributed by atoms with Gasteiger partial charge in [-0.1, -0.05) is 0 Å². The lowest BCUT2D eigenvalue weighted by Gasteiger charge is -2.34. The van der Waals surface area contributed by atoms with E-state index in [-0.39, 0.29) is 24.0 Å². The molecule has 0 aromatic rings. The van der Waals surface area contributed by atoms with Crippen molar-refractivity contribution in [2.45, 2.75) is 20.8 Å². The zero-order chi connectivity index (χ0) is 8.04. The molecule has 2 nitrogen and oxygen atoms in total. The lowest BCUT2D eigenvalue weighted by molar-refractivity contribution is -0.940. The van der Waals surface area contributed by atoms with Crippen LogP contribution in [-0.2, 0) is 4.74 Å². The quantitative estimate of drug-likeness (QED) is 0.335. The third kappa shape index (κ3) is 4.28. The molecular formula is C8H20INO. The molecule has 0 aromatic heterocycles. The van der Waals surface area contributed by atoms with Gasteiger partial charge in [0, 0.05) is 7.11 Å². The second-order valence-corrected chi connectivity index (χ2v) is 2.71. The standard InChI is InChI=1S/C8H20NO.HI/c1-5-9(6-2,7-3)8-10-4;/h5-8H2,1-4H3;1H/q+1;/p-1. The maximum atomic E-state index is 5.15. The molecule has 0 aromatic carbocycles. The fourth-order valence-corrected chi connectivity index (χ4v) is 1.22. The van der Waals surface area contributed by atoms with Crippen molar-refractivity contribution in [1.82, 2.24) is 0 Å². The third-order valence-corrected chi connectivity index (χ3v) is 2.42. The minimum atomic E-state index is 0. The van der Waals surface area contributed by atoms with Crippen LogP contribution in [0, 0.1) is 0 Å². The van der Waals surface area contributed by atoms with Crippen molar-refractivity contribution >= 4 is 0 Å². The number of nitrogens with zero attached hydrogens (tertiary/aromatic N) is 1. The van der Waals surface area contributed by atoms with Gasteiger partial charge in [-0.2, -0.15) is 0 Å². The summed E-state index contributed by atoms with van der Waals surface area (Å²) >= 11 is 0. The van der Waals surface area contributed by atoms with Crippen molar-refractivity contribution in [1.29, 1.82) is 0 Å². The number of rotatable bonds is 5. The summed E-state index contributed by atoms with van der Waals surface area (Å²) in [6.45, 7) is 11.0. The first kappa shape index (κ1) is 14.2. The predicted molar refractivity (Wildman–Crippen MR) is 43.8 cm³/mol. The van der Waals surface area contributed by atoms with Crippen LogP contribution < -0.4 is 24.0 Å². The molecule has 0 spiro atoms. The molecule has 0 unspecified atom stereocenters. The van der Waals surface area contributed by atoms with Gasteiger partial charge < -0.3 is 33.2 Å². The van der Waals surface area contributed by atoms with Gasteiger partial charge in [-0.15, -0.1) is 0 Å². The average molecular weight is 273 g/mol. The molecule has 3 heteroatoms. The van der Waals surface area contributed by atoms with Crippen molar-refractivity contribution in [3.8, 4) is 0 Å². The van der Waals surface area contributed by atoms with E-state index in [4.69, 9.17) is 4.74 Å². The first-order valence-corrected chi connectivity index (χ1v) is 4.08. The normalized spacial score (nSPS) is 10.9. The van der Waals surface area contributed by atoms with Crippen LogP contribution in [0.1, 0.15) is 20.8 Å². The summed E-state index contributed by atoms with van der Waals surface area (Å²) in [7, 11) is 1.77. The van der Waals surface area contributed by atoms with Gasteiger partial charge in [0.2, 0.25) is 0 Å². The van der Waals surface area contributed by atoms with Crippen molar-refractivity contribution < 1.29 is 33.2 Å². The van der Waals surface area contributed by atoms with Gasteiger partial charge in [-0.25, -0.2) is 0 Å². The fourth-order valence-electron chi connectivity index (χ4n) is 1.22. The Hall–Kier alpha value is 0.650. The Balaban J connectivity index is 0. The van der Waals surface area contributed by atoms with Gasteiger partial charge in [-0.3, -0.25) is 0 Å². The number of methoxy groups -OCH3 is 1. The van der Waals surface area contributed by atoms with E-state index in [9.17, 15) is 0 Å². The summed E-state index contributed by atoms with van der Waals surface area (Å²) in [6, 6.07) is 0. The summed E-state index contributed by atoms with van der Waals surface area (Å²) in [5.41, 5.74) is 0. The van der Waals surface area contributed by atoms with Gasteiger partial charge in [-0.05, 0) is 20.8 Å². The van der Waals surface area contributed by atoms with Crippen LogP contribution in [0.4, 0.5) is 0 Å². The largest absolute Gasteiger partial charge is 1.00 e. The van der Waals surface area contributed by atoms with Crippen LogP contribution in [0.15, 0.2) is 0 Å². The average Bonchev–Trinajstić information content (AvgIpc) is 2.01. The molecule has 0 fully saturated rings. The zero-order valence-corrected chi connectivity index (χ0v) is 10.2. The monoisotopic (exact) mass is 273 g/mol. The molecule has 0 heterocycles. The number of ether oxygens (including phenoxy) is 1. The number of hydrogen-bond acceptors (Lipinski definition) is 1. The molecule has 0 saturated carbocycles. The molecule has 0 atom stereocenters. The zero-order valence-electron chi connectivity index (χ0n) is 8.06. The van der Waals surface area contributed by atoms with E-state index in [1.54, 1.807) is 7.11 Å². The van der Waals surface area contributed by atoms with Crippen molar-refractivity contribution in [2.75, 3.05) is 33.5 Å². The van der Waals surface area contributed by atoms with Gasteiger partial charge in [0.1, 0.15) is 0 Å². The summed E-state index contributed by atoms with van der Waals surface area (Å²) in [5, 5.41) is 0.